The van der Waals surface area contributed by atoms with Crippen molar-refractivity contribution in [2.75, 3.05) is 0 Å². The molecular formula is C11H13N3. The van der Waals surface area contributed by atoms with Crippen LogP contribution in [0, 0.1) is 11.3 Å². The third-order valence-corrected chi connectivity index (χ3v) is 1.68. The Bertz CT molecular complexity index is 386. The van der Waals surface area contributed by atoms with Gasteiger partial charge in [0.2, 0.25) is 0 Å². The number of hydrogen-bond acceptors (Lipinski definition) is 2. The highest BCUT2D eigenvalue weighted by molar-refractivity contribution is 5.97. The Kier molecular flexibility index (Phi) is 3.24. The van der Waals surface area contributed by atoms with Crippen LogP contribution in [0.2, 0.25) is 0 Å². The summed E-state index contributed by atoms with van der Waals surface area (Å²) < 4.78 is 0. The van der Waals surface area contributed by atoms with Gasteiger partial charge in [-0.2, -0.15) is 5.26 Å². The van der Waals surface area contributed by atoms with Crippen molar-refractivity contribution in [3.8, 4) is 6.07 Å². The number of aliphatic imine (C=N–C) groups is 1. The van der Waals surface area contributed by atoms with E-state index in [-0.39, 0.29) is 6.04 Å². The molecule has 0 heterocycles. The summed E-state index contributed by atoms with van der Waals surface area (Å²) in [7, 11) is 0. The molecule has 0 fully saturated rings. The summed E-state index contributed by atoms with van der Waals surface area (Å²) in [6, 6.07) is 9.36. The first-order valence-electron chi connectivity index (χ1n) is 4.47. The van der Waals surface area contributed by atoms with Gasteiger partial charge in [0.05, 0.1) is 11.6 Å². The van der Waals surface area contributed by atoms with Crippen molar-refractivity contribution in [3.63, 3.8) is 0 Å². The van der Waals surface area contributed by atoms with Crippen LogP contribution < -0.4 is 5.73 Å². The van der Waals surface area contributed by atoms with Gasteiger partial charge in [-0.25, -0.2) is 0 Å². The number of benzene rings is 1. The van der Waals surface area contributed by atoms with Crippen LogP contribution in [0.25, 0.3) is 0 Å². The van der Waals surface area contributed by atoms with E-state index < -0.39 is 0 Å². The molecule has 1 aromatic rings. The van der Waals surface area contributed by atoms with Gasteiger partial charge in [0.15, 0.2) is 0 Å². The molecule has 3 heteroatoms. The van der Waals surface area contributed by atoms with Gasteiger partial charge >= 0.3 is 0 Å². The van der Waals surface area contributed by atoms with Crippen molar-refractivity contribution in [1.82, 2.24) is 0 Å². The van der Waals surface area contributed by atoms with E-state index in [0.717, 1.165) is 5.56 Å². The summed E-state index contributed by atoms with van der Waals surface area (Å²) in [5, 5.41) is 8.70. The van der Waals surface area contributed by atoms with Crippen molar-refractivity contribution in [1.29, 1.82) is 5.26 Å². The molecule has 0 radical (unpaired) electrons. The second-order valence-electron chi connectivity index (χ2n) is 3.30. The van der Waals surface area contributed by atoms with Crippen LogP contribution in [0.5, 0.6) is 0 Å². The minimum Gasteiger partial charge on any atom is -0.383 e. The van der Waals surface area contributed by atoms with Gasteiger partial charge < -0.3 is 5.73 Å². The topological polar surface area (TPSA) is 62.2 Å². The smallest absolute Gasteiger partial charge is 0.125 e. The number of nitriles is 1. The van der Waals surface area contributed by atoms with Gasteiger partial charge in [-0.1, -0.05) is 12.1 Å². The quantitative estimate of drug-likeness (QED) is 0.565. The third-order valence-electron chi connectivity index (χ3n) is 1.68. The maximum absolute atomic E-state index is 8.70. The summed E-state index contributed by atoms with van der Waals surface area (Å²) in [6.07, 6.45) is 0. The molecule has 1 rings (SSSR count). The number of nitrogens with two attached hydrogens (primary N) is 1. The highest BCUT2D eigenvalue weighted by atomic mass is 14.9. The Labute approximate surface area is 83.9 Å². The Hall–Kier alpha value is -1.82. The molecule has 3 nitrogen and oxygen atoms in total. The monoisotopic (exact) mass is 187 g/mol. The lowest BCUT2D eigenvalue weighted by molar-refractivity contribution is 0.834. The van der Waals surface area contributed by atoms with E-state index in [0.29, 0.717) is 11.4 Å². The first-order valence-corrected chi connectivity index (χ1v) is 4.47. The lowest BCUT2D eigenvalue weighted by atomic mass is 10.1. The van der Waals surface area contributed by atoms with Crippen molar-refractivity contribution in [2.45, 2.75) is 19.9 Å². The van der Waals surface area contributed by atoms with Crippen molar-refractivity contribution >= 4 is 5.84 Å². The van der Waals surface area contributed by atoms with Crippen LogP contribution in [0.4, 0.5) is 0 Å². The highest BCUT2D eigenvalue weighted by Crippen LogP contribution is 2.04. The summed E-state index contributed by atoms with van der Waals surface area (Å²) >= 11 is 0. The summed E-state index contributed by atoms with van der Waals surface area (Å²) in [5.74, 6) is 0.483. The Morgan fingerprint density at radius 2 is 2.21 bits per heavy atom. The number of hydrogen-bond donors (Lipinski definition) is 1. The van der Waals surface area contributed by atoms with Crippen LogP contribution in [0.3, 0.4) is 0 Å². The van der Waals surface area contributed by atoms with E-state index in [1.165, 1.54) is 0 Å². The van der Waals surface area contributed by atoms with Gasteiger partial charge in [0.25, 0.3) is 0 Å². The molecular weight excluding hydrogens is 174 g/mol. The fourth-order valence-corrected chi connectivity index (χ4v) is 1.10. The first-order chi connectivity index (χ1) is 6.63. The molecule has 0 aliphatic carbocycles. The van der Waals surface area contributed by atoms with E-state index in [1.54, 1.807) is 18.2 Å². The Balaban J connectivity index is 3.03. The summed E-state index contributed by atoms with van der Waals surface area (Å²) in [5.41, 5.74) is 7.16. The lowest BCUT2D eigenvalue weighted by Crippen LogP contribution is -2.15. The highest BCUT2D eigenvalue weighted by Gasteiger charge is 2.00. The van der Waals surface area contributed by atoms with Crippen LogP contribution in [-0.4, -0.2) is 11.9 Å². The SMILES string of the molecule is CC(C)N=C(N)c1cccc(C#N)c1. The molecule has 0 aliphatic rings. The molecule has 0 amide bonds. The molecule has 0 unspecified atom stereocenters. The van der Waals surface area contributed by atoms with Crippen LogP contribution in [0.15, 0.2) is 29.3 Å². The second kappa shape index (κ2) is 4.43. The van der Waals surface area contributed by atoms with Crippen LogP contribution in [-0.2, 0) is 0 Å². The standard InChI is InChI=1S/C11H13N3/c1-8(2)14-11(13)10-5-3-4-9(6-10)7-12/h3-6,8H,1-2H3,(H2,13,14). The average Bonchev–Trinajstić information content (AvgIpc) is 2.17. The molecule has 0 saturated carbocycles. The first kappa shape index (κ1) is 10.3. The van der Waals surface area contributed by atoms with E-state index in [4.69, 9.17) is 11.0 Å². The van der Waals surface area contributed by atoms with E-state index in [9.17, 15) is 0 Å². The Morgan fingerprint density at radius 3 is 2.79 bits per heavy atom. The molecule has 0 bridgehead atoms. The molecule has 1 aromatic carbocycles. The fourth-order valence-electron chi connectivity index (χ4n) is 1.10. The summed E-state index contributed by atoms with van der Waals surface area (Å²) in [4.78, 5) is 4.21. The zero-order chi connectivity index (χ0) is 10.6. The molecule has 0 aromatic heterocycles. The van der Waals surface area contributed by atoms with E-state index >= 15 is 0 Å². The third kappa shape index (κ3) is 2.60. The molecule has 0 aliphatic heterocycles. The fraction of sp³-hybridized carbons (Fsp3) is 0.273. The molecule has 72 valence electrons. The largest absolute Gasteiger partial charge is 0.383 e. The van der Waals surface area contributed by atoms with E-state index in [1.807, 2.05) is 19.9 Å². The molecule has 0 spiro atoms. The number of rotatable bonds is 2. The summed E-state index contributed by atoms with van der Waals surface area (Å²) in [6.45, 7) is 3.92. The van der Waals surface area contributed by atoms with Gasteiger partial charge in [0, 0.05) is 11.6 Å². The number of nitrogens with zero attached hydrogens (tertiary/aromatic N) is 2. The zero-order valence-corrected chi connectivity index (χ0v) is 8.36. The second-order valence-corrected chi connectivity index (χ2v) is 3.30. The minimum atomic E-state index is 0.167. The minimum absolute atomic E-state index is 0.167. The van der Waals surface area contributed by atoms with Crippen molar-refractivity contribution < 1.29 is 0 Å². The predicted molar refractivity (Wildman–Crippen MR) is 57.0 cm³/mol. The van der Waals surface area contributed by atoms with Crippen molar-refractivity contribution in [3.05, 3.63) is 35.4 Å². The van der Waals surface area contributed by atoms with Gasteiger partial charge in [0.1, 0.15) is 5.84 Å². The van der Waals surface area contributed by atoms with Crippen LogP contribution in [0.1, 0.15) is 25.0 Å². The molecule has 2 N–H and O–H groups in total. The van der Waals surface area contributed by atoms with E-state index in [2.05, 4.69) is 11.1 Å². The molecule has 0 saturated heterocycles. The molecule has 14 heavy (non-hydrogen) atoms. The average molecular weight is 187 g/mol. The Morgan fingerprint density at radius 1 is 1.50 bits per heavy atom. The lowest BCUT2D eigenvalue weighted by Gasteiger charge is -2.03. The van der Waals surface area contributed by atoms with Gasteiger partial charge in [-0.3, -0.25) is 4.99 Å². The maximum atomic E-state index is 8.70. The van der Waals surface area contributed by atoms with Crippen molar-refractivity contribution in [2.24, 2.45) is 10.7 Å². The maximum Gasteiger partial charge on any atom is 0.125 e. The van der Waals surface area contributed by atoms with Gasteiger partial charge in [-0.15, -0.1) is 0 Å². The number of amidine groups is 1. The zero-order valence-electron chi connectivity index (χ0n) is 8.36. The molecule has 0 atom stereocenters. The normalized spacial score (nSPS) is 11.4. The predicted octanol–water partition coefficient (Wildman–Crippen LogP) is 1.67. The van der Waals surface area contributed by atoms with Crippen LogP contribution >= 0.6 is 0 Å². The van der Waals surface area contributed by atoms with Gasteiger partial charge in [-0.05, 0) is 26.0 Å².